The molecule has 1 unspecified atom stereocenters. The second kappa shape index (κ2) is 4.73. The molecule has 0 aromatic carbocycles. The van der Waals surface area contributed by atoms with E-state index < -0.39 is 0 Å². The quantitative estimate of drug-likeness (QED) is 0.617. The molecule has 0 aromatic heterocycles. The van der Waals surface area contributed by atoms with Gasteiger partial charge in [-0.1, -0.05) is 6.92 Å². The topological polar surface area (TPSA) is 12.5 Å². The zero-order valence-electron chi connectivity index (χ0n) is 7.68. The van der Waals surface area contributed by atoms with Gasteiger partial charge in [0.05, 0.1) is 0 Å². The lowest BCUT2D eigenvalue weighted by atomic mass is 10.4. The van der Waals surface area contributed by atoms with Crippen molar-refractivity contribution >= 4 is 0 Å². The molecule has 1 atom stereocenters. The van der Waals surface area contributed by atoms with Crippen LogP contribution < -0.4 is 0 Å². The summed E-state index contributed by atoms with van der Waals surface area (Å²) < 4.78 is 5.60. The van der Waals surface area contributed by atoms with E-state index in [0.717, 1.165) is 13.0 Å². The maximum atomic E-state index is 5.60. The molecule has 0 spiro atoms. The lowest BCUT2D eigenvalue weighted by molar-refractivity contribution is -0.0357. The first-order valence-electron chi connectivity index (χ1n) is 4.70. The van der Waals surface area contributed by atoms with E-state index in [1.54, 1.807) is 0 Å². The third kappa shape index (κ3) is 2.80. The van der Waals surface area contributed by atoms with E-state index in [0.29, 0.717) is 6.23 Å². The van der Waals surface area contributed by atoms with E-state index in [9.17, 15) is 0 Å². The lowest BCUT2D eigenvalue weighted by Crippen LogP contribution is -2.32. The highest BCUT2D eigenvalue weighted by Gasteiger charge is 2.17. The van der Waals surface area contributed by atoms with E-state index in [1.165, 1.54) is 25.9 Å². The Morgan fingerprint density at radius 2 is 2.00 bits per heavy atom. The third-order valence-corrected chi connectivity index (χ3v) is 2.22. The van der Waals surface area contributed by atoms with Crippen LogP contribution in [0.3, 0.4) is 0 Å². The van der Waals surface area contributed by atoms with Gasteiger partial charge < -0.3 is 4.74 Å². The van der Waals surface area contributed by atoms with Crippen molar-refractivity contribution in [2.75, 3.05) is 19.7 Å². The molecule has 1 fully saturated rings. The summed E-state index contributed by atoms with van der Waals surface area (Å²) in [5, 5.41) is 0. The second-order valence-electron chi connectivity index (χ2n) is 3.21. The minimum Gasteiger partial charge on any atom is -0.363 e. The van der Waals surface area contributed by atoms with Gasteiger partial charge in [-0.15, -0.1) is 0 Å². The number of nitrogens with zero attached hydrogens (tertiary/aromatic N) is 1. The number of hydrogen-bond acceptors (Lipinski definition) is 2. The third-order valence-electron chi connectivity index (χ3n) is 2.22. The Kier molecular flexibility index (Phi) is 3.87. The van der Waals surface area contributed by atoms with E-state index in [-0.39, 0.29) is 0 Å². The molecule has 0 aromatic rings. The summed E-state index contributed by atoms with van der Waals surface area (Å²) >= 11 is 0. The highest BCUT2D eigenvalue weighted by atomic mass is 16.5. The highest BCUT2D eigenvalue weighted by molar-refractivity contribution is 4.66. The predicted molar refractivity (Wildman–Crippen MR) is 46.5 cm³/mol. The van der Waals surface area contributed by atoms with Crippen molar-refractivity contribution in [1.82, 2.24) is 4.90 Å². The minimum absolute atomic E-state index is 0.345. The van der Waals surface area contributed by atoms with Gasteiger partial charge in [0.2, 0.25) is 0 Å². The van der Waals surface area contributed by atoms with Crippen LogP contribution in [0.15, 0.2) is 0 Å². The smallest absolute Gasteiger partial charge is 0.107 e. The van der Waals surface area contributed by atoms with E-state index in [2.05, 4.69) is 18.7 Å². The predicted octanol–water partition coefficient (Wildman–Crippen LogP) is 1.85. The molecule has 2 nitrogen and oxygen atoms in total. The van der Waals surface area contributed by atoms with Crippen molar-refractivity contribution < 1.29 is 4.74 Å². The van der Waals surface area contributed by atoms with Gasteiger partial charge in [0.25, 0.3) is 0 Å². The van der Waals surface area contributed by atoms with Crippen LogP contribution in [0, 0.1) is 0 Å². The lowest BCUT2D eigenvalue weighted by Gasteiger charge is -2.23. The van der Waals surface area contributed by atoms with Gasteiger partial charge in [0.15, 0.2) is 0 Å². The number of likely N-dealkylation sites (tertiary alicyclic amines) is 1. The van der Waals surface area contributed by atoms with Crippen molar-refractivity contribution in [3.8, 4) is 0 Å². The van der Waals surface area contributed by atoms with Crippen molar-refractivity contribution in [2.24, 2.45) is 0 Å². The second-order valence-corrected chi connectivity index (χ2v) is 3.21. The fourth-order valence-corrected chi connectivity index (χ4v) is 1.50. The normalized spacial score (nSPS) is 22.4. The van der Waals surface area contributed by atoms with Crippen molar-refractivity contribution in [1.29, 1.82) is 0 Å². The Hall–Kier alpha value is -0.0800. The molecule has 1 heterocycles. The first-order valence-corrected chi connectivity index (χ1v) is 4.70. The fourth-order valence-electron chi connectivity index (χ4n) is 1.50. The summed E-state index contributed by atoms with van der Waals surface area (Å²) in [5.74, 6) is 0. The number of ether oxygens (including phenoxy) is 1. The molecule has 66 valence electrons. The van der Waals surface area contributed by atoms with Crippen molar-refractivity contribution in [3.05, 3.63) is 0 Å². The Balaban J connectivity index is 2.12. The largest absolute Gasteiger partial charge is 0.363 e. The first-order chi connectivity index (χ1) is 5.34. The van der Waals surface area contributed by atoms with Crippen LogP contribution in [0.25, 0.3) is 0 Å². The summed E-state index contributed by atoms with van der Waals surface area (Å²) in [6.07, 6.45) is 4.16. The van der Waals surface area contributed by atoms with Gasteiger partial charge in [-0.3, -0.25) is 4.90 Å². The Morgan fingerprint density at radius 1 is 1.36 bits per heavy atom. The van der Waals surface area contributed by atoms with Crippen molar-refractivity contribution in [3.63, 3.8) is 0 Å². The minimum atomic E-state index is 0.345. The molecular weight excluding hydrogens is 138 g/mol. The molecule has 0 saturated carbocycles. The SMILES string of the molecule is CCCOC(C)N1CCCC1. The van der Waals surface area contributed by atoms with Crippen LogP contribution in [0.5, 0.6) is 0 Å². The molecular formula is C9H19NO. The summed E-state index contributed by atoms with van der Waals surface area (Å²) in [5.41, 5.74) is 0. The maximum Gasteiger partial charge on any atom is 0.107 e. The Labute approximate surface area is 69.5 Å². The molecule has 11 heavy (non-hydrogen) atoms. The molecule has 0 radical (unpaired) electrons. The Morgan fingerprint density at radius 3 is 2.55 bits per heavy atom. The van der Waals surface area contributed by atoms with Gasteiger partial charge in [-0.05, 0) is 26.2 Å². The molecule has 0 N–H and O–H groups in total. The van der Waals surface area contributed by atoms with Crippen LogP contribution >= 0.6 is 0 Å². The zero-order chi connectivity index (χ0) is 8.10. The van der Waals surface area contributed by atoms with Gasteiger partial charge in [-0.2, -0.15) is 0 Å². The Bertz CT molecular complexity index is 99.7. The van der Waals surface area contributed by atoms with Crippen LogP contribution in [0.1, 0.15) is 33.1 Å². The summed E-state index contributed by atoms with van der Waals surface area (Å²) in [4.78, 5) is 2.41. The van der Waals surface area contributed by atoms with Crippen molar-refractivity contribution in [2.45, 2.75) is 39.3 Å². The molecule has 1 saturated heterocycles. The van der Waals surface area contributed by atoms with Crippen LogP contribution in [-0.2, 0) is 4.74 Å². The molecule has 1 rings (SSSR count). The summed E-state index contributed by atoms with van der Waals surface area (Å²) in [6.45, 7) is 7.66. The fraction of sp³-hybridized carbons (Fsp3) is 1.00. The average molecular weight is 157 g/mol. The van der Waals surface area contributed by atoms with Crippen LogP contribution in [0.2, 0.25) is 0 Å². The zero-order valence-corrected chi connectivity index (χ0v) is 7.68. The molecule has 0 amide bonds. The van der Waals surface area contributed by atoms with Gasteiger partial charge in [0, 0.05) is 19.7 Å². The first kappa shape index (κ1) is 9.01. The van der Waals surface area contributed by atoms with Gasteiger partial charge in [-0.25, -0.2) is 0 Å². The molecule has 1 aliphatic heterocycles. The molecule has 2 heteroatoms. The monoisotopic (exact) mass is 157 g/mol. The average Bonchev–Trinajstić information content (AvgIpc) is 2.52. The summed E-state index contributed by atoms with van der Waals surface area (Å²) in [7, 11) is 0. The number of hydrogen-bond donors (Lipinski definition) is 0. The molecule has 0 bridgehead atoms. The standard InChI is InChI=1S/C9H19NO/c1-3-8-11-9(2)10-6-4-5-7-10/h9H,3-8H2,1-2H3. The van der Waals surface area contributed by atoms with E-state index in [4.69, 9.17) is 4.74 Å². The molecule has 0 aliphatic carbocycles. The van der Waals surface area contributed by atoms with Crippen LogP contribution in [-0.4, -0.2) is 30.8 Å². The van der Waals surface area contributed by atoms with Gasteiger partial charge in [0.1, 0.15) is 6.23 Å². The molecule has 1 aliphatic rings. The van der Waals surface area contributed by atoms with Gasteiger partial charge >= 0.3 is 0 Å². The van der Waals surface area contributed by atoms with Crippen LogP contribution in [0.4, 0.5) is 0 Å². The highest BCUT2D eigenvalue weighted by Crippen LogP contribution is 2.11. The van der Waals surface area contributed by atoms with E-state index in [1.807, 2.05) is 0 Å². The summed E-state index contributed by atoms with van der Waals surface area (Å²) in [6, 6.07) is 0. The number of rotatable bonds is 4. The van der Waals surface area contributed by atoms with E-state index >= 15 is 0 Å². The maximum absolute atomic E-state index is 5.60.